The molecule has 218 valence electrons. The molecule has 1 N–H and O–H groups in total. The lowest BCUT2D eigenvalue weighted by molar-refractivity contribution is -0.139. The number of H-pyrrole nitrogens is 1. The minimum Gasteiger partial charge on any atom is -0.493 e. The number of hydrogen-bond acceptors (Lipinski definition) is 7. The number of fused-ring (bicyclic) bond motifs is 2. The number of carbonyl (C=O) groups excluding carboxylic acids is 1. The zero-order valence-corrected chi connectivity index (χ0v) is 25.2. The van der Waals surface area contributed by atoms with E-state index in [2.05, 4.69) is 4.98 Å². The largest absolute Gasteiger partial charge is 0.493 e. The number of allylic oxidation sites excluding steroid dienone is 1. The van der Waals surface area contributed by atoms with Crippen LogP contribution in [0.4, 0.5) is 0 Å². The van der Waals surface area contributed by atoms with Gasteiger partial charge >= 0.3 is 5.97 Å². The Hall–Kier alpha value is -4.89. The minimum absolute atomic E-state index is 0.197. The summed E-state index contributed by atoms with van der Waals surface area (Å²) in [4.78, 5) is 36.4. The lowest BCUT2D eigenvalue weighted by Gasteiger charge is -2.25. The first-order valence-corrected chi connectivity index (χ1v) is 14.9. The van der Waals surface area contributed by atoms with Crippen LogP contribution in [-0.4, -0.2) is 35.8 Å². The Labute approximate surface area is 252 Å². The minimum atomic E-state index is -0.765. The molecular formula is C34H31N3O5S. The predicted octanol–water partition coefficient (Wildman–Crippen LogP) is 5.35. The number of ether oxygens (including phenoxy) is 3. The normalized spacial score (nSPS) is 14.9. The van der Waals surface area contributed by atoms with Crippen LogP contribution in [0.5, 0.6) is 11.5 Å². The molecule has 0 unspecified atom stereocenters. The molecule has 0 saturated carbocycles. The topological polar surface area (TPSA) is 94.9 Å². The van der Waals surface area contributed by atoms with Gasteiger partial charge < -0.3 is 19.2 Å². The van der Waals surface area contributed by atoms with Crippen molar-refractivity contribution in [3.05, 3.63) is 115 Å². The quantitative estimate of drug-likeness (QED) is 0.245. The Bertz CT molecular complexity index is 2050. The standard InChI is InChI=1S/C34H31N3O5S/c1-5-41-27-18-22(16-17-26(27)40-4)31-29(33(39)42-6-2)20(3)35-34-37(31)32(38)28(43-34)19-24-23-14-10-11-15-25(23)36-30(24)21-12-8-7-9-13-21/h7-19,31,36H,5-6H2,1-4H3/b28-19+/t31-/m0/s1. The molecule has 1 aliphatic heterocycles. The zero-order chi connectivity index (χ0) is 30.1. The molecule has 0 spiro atoms. The van der Waals surface area contributed by atoms with E-state index in [1.807, 2.05) is 79.7 Å². The summed E-state index contributed by atoms with van der Waals surface area (Å²) in [6, 6.07) is 22.7. The maximum atomic E-state index is 14.3. The second kappa shape index (κ2) is 11.8. The van der Waals surface area contributed by atoms with E-state index in [0.29, 0.717) is 44.3 Å². The lowest BCUT2D eigenvalue weighted by Crippen LogP contribution is -2.40. The summed E-state index contributed by atoms with van der Waals surface area (Å²) in [6.07, 6.45) is 1.92. The molecule has 6 rings (SSSR count). The lowest BCUT2D eigenvalue weighted by atomic mass is 9.95. The van der Waals surface area contributed by atoms with Gasteiger partial charge in [0.1, 0.15) is 0 Å². The van der Waals surface area contributed by atoms with Crippen molar-refractivity contribution in [2.75, 3.05) is 20.3 Å². The Morgan fingerprint density at radius 1 is 1.02 bits per heavy atom. The number of esters is 1. The van der Waals surface area contributed by atoms with Crippen molar-refractivity contribution in [3.8, 4) is 22.8 Å². The van der Waals surface area contributed by atoms with Crippen molar-refractivity contribution in [3.63, 3.8) is 0 Å². The highest BCUT2D eigenvalue weighted by atomic mass is 32.1. The number of para-hydroxylation sites is 1. The number of benzene rings is 3. The fourth-order valence-electron chi connectivity index (χ4n) is 5.52. The predicted molar refractivity (Wildman–Crippen MR) is 168 cm³/mol. The molecule has 0 amide bonds. The molecule has 9 heteroatoms. The Kier molecular flexibility index (Phi) is 7.73. The molecule has 0 aliphatic carbocycles. The van der Waals surface area contributed by atoms with Crippen LogP contribution in [0.2, 0.25) is 0 Å². The van der Waals surface area contributed by atoms with Crippen LogP contribution in [0.3, 0.4) is 0 Å². The van der Waals surface area contributed by atoms with E-state index < -0.39 is 12.0 Å². The SMILES string of the molecule is CCOC(=O)C1=C(C)N=c2s/c(=C/c3c(-c4ccccc4)[nH]c4ccccc34)c(=O)n2[C@H]1c1ccc(OC)c(OCC)c1. The van der Waals surface area contributed by atoms with E-state index in [1.165, 1.54) is 11.3 Å². The van der Waals surface area contributed by atoms with Crippen LogP contribution in [-0.2, 0) is 9.53 Å². The molecule has 8 nitrogen and oxygen atoms in total. The summed E-state index contributed by atoms with van der Waals surface area (Å²) >= 11 is 1.30. The van der Waals surface area contributed by atoms with Gasteiger partial charge in [-0.1, -0.05) is 65.9 Å². The number of methoxy groups -OCH3 is 1. The fraction of sp³-hybridized carbons (Fsp3) is 0.206. The van der Waals surface area contributed by atoms with Crippen LogP contribution < -0.4 is 24.4 Å². The third-order valence-corrected chi connectivity index (χ3v) is 8.39. The van der Waals surface area contributed by atoms with Crippen molar-refractivity contribution < 1.29 is 19.0 Å². The number of aromatic amines is 1. The third kappa shape index (κ3) is 5.06. The summed E-state index contributed by atoms with van der Waals surface area (Å²) < 4.78 is 18.9. The van der Waals surface area contributed by atoms with Gasteiger partial charge in [-0.15, -0.1) is 0 Å². The van der Waals surface area contributed by atoms with Crippen molar-refractivity contribution in [2.45, 2.75) is 26.8 Å². The number of aromatic nitrogens is 2. The Morgan fingerprint density at radius 3 is 2.53 bits per heavy atom. The molecule has 3 aromatic carbocycles. The number of nitrogens with zero attached hydrogens (tertiary/aromatic N) is 2. The van der Waals surface area contributed by atoms with Crippen LogP contribution in [0.1, 0.15) is 37.9 Å². The first-order chi connectivity index (χ1) is 20.9. The molecule has 1 atom stereocenters. The molecule has 0 bridgehead atoms. The van der Waals surface area contributed by atoms with Crippen LogP contribution >= 0.6 is 11.3 Å². The molecule has 1 aliphatic rings. The van der Waals surface area contributed by atoms with Crippen LogP contribution in [0.15, 0.2) is 93.9 Å². The average Bonchev–Trinajstić information content (AvgIpc) is 3.54. The first kappa shape index (κ1) is 28.2. The summed E-state index contributed by atoms with van der Waals surface area (Å²) in [6.45, 7) is 6.04. The van der Waals surface area contributed by atoms with Crippen molar-refractivity contribution >= 4 is 34.3 Å². The number of nitrogens with one attached hydrogen (secondary N) is 1. The molecule has 5 aromatic rings. The van der Waals surface area contributed by atoms with Crippen LogP contribution in [0.25, 0.3) is 28.2 Å². The summed E-state index contributed by atoms with van der Waals surface area (Å²) in [5.41, 5.74) is 5.07. The van der Waals surface area contributed by atoms with E-state index in [1.54, 1.807) is 31.6 Å². The number of thiazole rings is 1. The summed E-state index contributed by atoms with van der Waals surface area (Å²) in [5, 5.41) is 1.00. The fourth-order valence-corrected chi connectivity index (χ4v) is 6.54. The summed E-state index contributed by atoms with van der Waals surface area (Å²) in [7, 11) is 1.57. The third-order valence-electron chi connectivity index (χ3n) is 7.40. The average molecular weight is 594 g/mol. The van der Waals surface area contributed by atoms with Gasteiger partial charge in [-0.05, 0) is 56.2 Å². The first-order valence-electron chi connectivity index (χ1n) is 14.1. The highest BCUT2D eigenvalue weighted by Gasteiger charge is 2.34. The van der Waals surface area contributed by atoms with E-state index >= 15 is 0 Å². The maximum Gasteiger partial charge on any atom is 0.338 e. The Morgan fingerprint density at radius 2 is 1.79 bits per heavy atom. The number of hydrogen-bond donors (Lipinski definition) is 1. The monoisotopic (exact) mass is 593 g/mol. The molecule has 0 fully saturated rings. The van der Waals surface area contributed by atoms with Gasteiger partial charge in [-0.3, -0.25) is 9.36 Å². The van der Waals surface area contributed by atoms with Gasteiger partial charge in [-0.25, -0.2) is 9.79 Å². The molecule has 0 radical (unpaired) electrons. The van der Waals surface area contributed by atoms with Gasteiger partial charge in [0.2, 0.25) is 0 Å². The van der Waals surface area contributed by atoms with Gasteiger partial charge in [0, 0.05) is 16.5 Å². The van der Waals surface area contributed by atoms with Crippen molar-refractivity contribution in [1.29, 1.82) is 0 Å². The van der Waals surface area contributed by atoms with Gasteiger partial charge in [0.05, 0.1) is 47.9 Å². The van der Waals surface area contributed by atoms with Gasteiger partial charge in [0.15, 0.2) is 16.3 Å². The smallest absolute Gasteiger partial charge is 0.338 e. The van der Waals surface area contributed by atoms with E-state index in [0.717, 1.165) is 27.7 Å². The molecule has 2 aromatic heterocycles. The van der Waals surface area contributed by atoms with E-state index in [9.17, 15) is 9.59 Å². The van der Waals surface area contributed by atoms with Gasteiger partial charge in [0.25, 0.3) is 5.56 Å². The highest BCUT2D eigenvalue weighted by Crippen LogP contribution is 2.36. The zero-order valence-electron chi connectivity index (χ0n) is 24.3. The van der Waals surface area contributed by atoms with E-state index in [-0.39, 0.29) is 12.2 Å². The highest BCUT2D eigenvalue weighted by molar-refractivity contribution is 7.07. The molecule has 43 heavy (non-hydrogen) atoms. The number of rotatable bonds is 8. The van der Waals surface area contributed by atoms with Crippen molar-refractivity contribution in [1.82, 2.24) is 9.55 Å². The van der Waals surface area contributed by atoms with Crippen LogP contribution in [0, 0.1) is 0 Å². The van der Waals surface area contributed by atoms with Crippen molar-refractivity contribution in [2.24, 2.45) is 4.99 Å². The van der Waals surface area contributed by atoms with Gasteiger partial charge in [-0.2, -0.15) is 0 Å². The molecule has 0 saturated heterocycles. The Balaban J connectivity index is 1.60. The maximum absolute atomic E-state index is 14.3. The second-order valence-electron chi connectivity index (χ2n) is 9.97. The number of carbonyl (C=O) groups is 1. The summed E-state index contributed by atoms with van der Waals surface area (Å²) in [5.74, 6) is 0.567. The molecular weight excluding hydrogens is 562 g/mol. The molecule has 3 heterocycles. The van der Waals surface area contributed by atoms with E-state index in [4.69, 9.17) is 19.2 Å². The second-order valence-corrected chi connectivity index (χ2v) is 11.0.